The van der Waals surface area contributed by atoms with E-state index in [0.717, 1.165) is 12.8 Å². The summed E-state index contributed by atoms with van der Waals surface area (Å²) >= 11 is 0. The Morgan fingerprint density at radius 3 is 1.96 bits per heavy atom. The lowest BCUT2D eigenvalue weighted by Gasteiger charge is -2.48. The molecule has 0 aromatic heterocycles. The Balaban J connectivity index is 3.23. The van der Waals surface area contributed by atoms with E-state index in [2.05, 4.69) is 108 Å². The maximum Gasteiger partial charge on any atom is 0.245 e. The normalized spacial score (nSPS) is 18.2. The zero-order valence-electron chi connectivity index (χ0n) is 18.8. The van der Waals surface area contributed by atoms with Gasteiger partial charge >= 0.3 is 0 Å². The minimum absolute atomic E-state index is 0.277. The third-order valence-corrected chi connectivity index (χ3v) is 17.0. The molecule has 0 N–H and O–H groups in total. The summed E-state index contributed by atoms with van der Waals surface area (Å²) in [5.74, 6) is 0. The first-order valence-corrected chi connectivity index (χ1v) is 18.7. The fourth-order valence-corrected chi connectivity index (χ4v) is 12.8. The summed E-state index contributed by atoms with van der Waals surface area (Å²) in [5.41, 5.74) is 4.49. The molecular formula is C22H40O2Si3. The van der Waals surface area contributed by atoms with Gasteiger partial charge < -0.3 is 8.85 Å². The van der Waals surface area contributed by atoms with Gasteiger partial charge in [-0.05, 0) is 44.6 Å². The predicted octanol–water partition coefficient (Wildman–Crippen LogP) is 5.89. The molecule has 0 heterocycles. The van der Waals surface area contributed by atoms with Crippen LogP contribution < -0.4 is 5.19 Å². The first-order valence-electron chi connectivity index (χ1n) is 10.1. The van der Waals surface area contributed by atoms with Crippen molar-refractivity contribution in [3.8, 4) is 0 Å². The van der Waals surface area contributed by atoms with E-state index in [1.54, 1.807) is 0 Å². The van der Waals surface area contributed by atoms with Crippen LogP contribution in [0, 0.1) is 0 Å². The highest BCUT2D eigenvalue weighted by atomic mass is 28.4. The SMILES string of the molecule is C=C[Si](C)(OC(C)(CC)[Si](C)(C)OC(CC)[Si](C)(C)C=C)c1ccccc1. The van der Waals surface area contributed by atoms with Crippen LogP contribution in [0.2, 0.25) is 32.7 Å². The molecule has 152 valence electrons. The van der Waals surface area contributed by atoms with Crippen LogP contribution in [0.25, 0.3) is 0 Å². The highest BCUT2D eigenvalue weighted by molar-refractivity contribution is 6.91. The average molecular weight is 421 g/mol. The quantitative estimate of drug-likeness (QED) is 0.415. The van der Waals surface area contributed by atoms with Crippen LogP contribution >= 0.6 is 0 Å². The zero-order chi connectivity index (χ0) is 20.9. The third kappa shape index (κ3) is 5.42. The molecule has 0 fully saturated rings. The van der Waals surface area contributed by atoms with Crippen LogP contribution in [0.5, 0.6) is 0 Å². The largest absolute Gasteiger partial charge is 0.414 e. The van der Waals surface area contributed by atoms with Gasteiger partial charge in [-0.25, -0.2) is 0 Å². The lowest BCUT2D eigenvalue weighted by Crippen LogP contribution is -2.65. The fourth-order valence-electron chi connectivity index (χ4n) is 3.45. The van der Waals surface area contributed by atoms with E-state index < -0.39 is 24.7 Å². The Hall–Kier alpha value is -0.729. The van der Waals surface area contributed by atoms with Crippen LogP contribution in [0.4, 0.5) is 0 Å². The van der Waals surface area contributed by atoms with E-state index in [4.69, 9.17) is 8.85 Å². The van der Waals surface area contributed by atoms with Gasteiger partial charge in [0.25, 0.3) is 0 Å². The van der Waals surface area contributed by atoms with Gasteiger partial charge in [-0.3, -0.25) is 0 Å². The summed E-state index contributed by atoms with van der Waals surface area (Å²) in [6.07, 6.45) is 1.96. The summed E-state index contributed by atoms with van der Waals surface area (Å²) in [5, 5.41) is 0.981. The molecule has 0 bridgehead atoms. The van der Waals surface area contributed by atoms with E-state index in [1.807, 2.05) is 0 Å². The third-order valence-electron chi connectivity index (χ3n) is 6.29. The molecule has 1 aromatic carbocycles. The summed E-state index contributed by atoms with van der Waals surface area (Å²) in [4.78, 5) is 0. The monoisotopic (exact) mass is 420 g/mol. The van der Waals surface area contributed by atoms with Crippen LogP contribution in [0.3, 0.4) is 0 Å². The van der Waals surface area contributed by atoms with Crippen molar-refractivity contribution in [2.75, 3.05) is 0 Å². The van der Waals surface area contributed by atoms with Crippen molar-refractivity contribution in [1.29, 1.82) is 0 Å². The average Bonchev–Trinajstić information content (AvgIpc) is 2.66. The van der Waals surface area contributed by atoms with E-state index >= 15 is 0 Å². The topological polar surface area (TPSA) is 18.5 Å². The first kappa shape index (κ1) is 24.3. The van der Waals surface area contributed by atoms with Crippen molar-refractivity contribution in [1.82, 2.24) is 0 Å². The van der Waals surface area contributed by atoms with E-state index in [1.165, 1.54) is 5.19 Å². The van der Waals surface area contributed by atoms with E-state index in [-0.39, 0.29) is 11.0 Å². The standard InChI is InChI=1S/C22H40O2Si3/c1-11-21(25(6,7)13-3)23-26(8,9)22(5,12-2)24-27(10,14-4)20-18-16-15-17-19-20/h13-19,21H,3-4,11-12H2,1-2,5-10H3. The lowest BCUT2D eigenvalue weighted by atomic mass is 10.3. The molecule has 0 aliphatic rings. The molecule has 0 saturated heterocycles. The van der Waals surface area contributed by atoms with Crippen molar-refractivity contribution in [2.24, 2.45) is 0 Å². The number of hydrogen-bond acceptors (Lipinski definition) is 2. The second-order valence-corrected chi connectivity index (χ2v) is 21.3. The Bertz CT molecular complexity index is 630. The number of benzene rings is 1. The predicted molar refractivity (Wildman–Crippen MR) is 128 cm³/mol. The maximum atomic E-state index is 7.01. The highest BCUT2D eigenvalue weighted by Gasteiger charge is 2.51. The van der Waals surface area contributed by atoms with Crippen LogP contribution in [-0.2, 0) is 8.85 Å². The van der Waals surface area contributed by atoms with Gasteiger partial charge in [0, 0.05) is 5.73 Å². The molecular weight excluding hydrogens is 380 g/mol. The first-order chi connectivity index (χ1) is 12.4. The van der Waals surface area contributed by atoms with Gasteiger partial charge in [-0.1, -0.05) is 68.7 Å². The van der Waals surface area contributed by atoms with E-state index in [0.29, 0.717) is 0 Å². The van der Waals surface area contributed by atoms with Crippen LogP contribution in [-0.4, -0.2) is 35.7 Å². The van der Waals surface area contributed by atoms with Gasteiger partial charge in [-0.2, -0.15) is 0 Å². The minimum Gasteiger partial charge on any atom is -0.414 e. The molecule has 0 spiro atoms. The molecule has 0 saturated carbocycles. The van der Waals surface area contributed by atoms with Gasteiger partial charge in [0.05, 0.1) is 5.22 Å². The van der Waals surface area contributed by atoms with E-state index in [9.17, 15) is 0 Å². The molecule has 3 atom stereocenters. The Labute approximate surface area is 171 Å². The molecule has 27 heavy (non-hydrogen) atoms. The molecule has 1 aromatic rings. The van der Waals surface area contributed by atoms with Crippen molar-refractivity contribution in [2.45, 2.75) is 77.3 Å². The van der Waals surface area contributed by atoms with Crippen LogP contribution in [0.1, 0.15) is 33.6 Å². The Morgan fingerprint density at radius 2 is 1.56 bits per heavy atom. The molecule has 0 radical (unpaired) electrons. The number of hydrogen-bond donors (Lipinski definition) is 0. The Morgan fingerprint density at radius 1 is 1.00 bits per heavy atom. The van der Waals surface area contributed by atoms with Gasteiger partial charge in [0.1, 0.15) is 8.07 Å². The molecule has 2 nitrogen and oxygen atoms in total. The molecule has 5 heteroatoms. The highest BCUT2D eigenvalue weighted by Crippen LogP contribution is 2.35. The summed E-state index contributed by atoms with van der Waals surface area (Å²) < 4.78 is 13.9. The van der Waals surface area contributed by atoms with Crippen molar-refractivity contribution in [3.05, 3.63) is 54.9 Å². The maximum absolute atomic E-state index is 7.01. The van der Waals surface area contributed by atoms with Crippen molar-refractivity contribution >= 4 is 29.9 Å². The smallest absolute Gasteiger partial charge is 0.245 e. The molecule has 0 aliphatic heterocycles. The molecule has 1 rings (SSSR count). The lowest BCUT2D eigenvalue weighted by molar-refractivity contribution is 0.111. The molecule has 0 amide bonds. The second kappa shape index (κ2) is 9.18. The zero-order valence-corrected chi connectivity index (χ0v) is 21.8. The Kier molecular flexibility index (Phi) is 8.26. The summed E-state index contributed by atoms with van der Waals surface area (Å²) in [7, 11) is -6.07. The van der Waals surface area contributed by atoms with Gasteiger partial charge in [0.2, 0.25) is 16.6 Å². The van der Waals surface area contributed by atoms with Gasteiger partial charge in [0.15, 0.2) is 0 Å². The van der Waals surface area contributed by atoms with Gasteiger partial charge in [-0.15, -0.1) is 13.2 Å². The fraction of sp³-hybridized carbons (Fsp3) is 0.545. The molecule has 0 aliphatic carbocycles. The second-order valence-electron chi connectivity index (χ2n) is 8.91. The van der Waals surface area contributed by atoms with Crippen LogP contribution in [0.15, 0.2) is 54.9 Å². The van der Waals surface area contributed by atoms with Crippen molar-refractivity contribution < 1.29 is 8.85 Å². The van der Waals surface area contributed by atoms with Crippen molar-refractivity contribution in [3.63, 3.8) is 0 Å². The summed E-state index contributed by atoms with van der Waals surface area (Å²) in [6.45, 7) is 26.5. The minimum atomic E-state index is -2.27. The molecule has 3 unspecified atom stereocenters. The summed E-state index contributed by atoms with van der Waals surface area (Å²) in [6, 6.07) is 10.6. The number of rotatable bonds is 11.